The van der Waals surface area contributed by atoms with E-state index in [1.54, 1.807) is 0 Å². The third-order valence-corrected chi connectivity index (χ3v) is 3.86. The fourth-order valence-corrected chi connectivity index (χ4v) is 2.86. The first-order chi connectivity index (χ1) is 10.2. The molecule has 0 atom stereocenters. The van der Waals surface area contributed by atoms with Gasteiger partial charge in [0.2, 0.25) is 0 Å². The molecule has 2 aromatic heterocycles. The molecule has 0 saturated carbocycles. The number of hydrogen-bond acceptors (Lipinski definition) is 2. The summed E-state index contributed by atoms with van der Waals surface area (Å²) in [6.45, 7) is 4.87. The SMILES string of the molecule is Cc1cccc(Cc2nc3c(C)cccn3c2CCN)c1. The second-order valence-electron chi connectivity index (χ2n) is 5.59. The van der Waals surface area contributed by atoms with Gasteiger partial charge in [-0.15, -0.1) is 0 Å². The monoisotopic (exact) mass is 279 g/mol. The molecule has 0 aliphatic heterocycles. The summed E-state index contributed by atoms with van der Waals surface area (Å²) < 4.78 is 2.19. The summed E-state index contributed by atoms with van der Waals surface area (Å²) in [5.74, 6) is 0. The molecule has 3 aromatic rings. The van der Waals surface area contributed by atoms with Crippen LogP contribution in [0.15, 0.2) is 42.6 Å². The number of nitrogens with zero attached hydrogens (tertiary/aromatic N) is 2. The Bertz CT molecular complexity index is 771. The molecule has 0 fully saturated rings. The predicted octanol–water partition coefficient (Wildman–Crippen LogP) is 3.04. The first-order valence-electron chi connectivity index (χ1n) is 7.40. The van der Waals surface area contributed by atoms with Crippen molar-refractivity contribution in [2.75, 3.05) is 6.54 Å². The van der Waals surface area contributed by atoms with E-state index < -0.39 is 0 Å². The number of pyridine rings is 1. The lowest BCUT2D eigenvalue weighted by Gasteiger charge is -2.05. The maximum absolute atomic E-state index is 5.79. The zero-order valence-electron chi connectivity index (χ0n) is 12.6. The van der Waals surface area contributed by atoms with Gasteiger partial charge in [0.05, 0.1) is 5.69 Å². The van der Waals surface area contributed by atoms with Crippen LogP contribution in [0.2, 0.25) is 0 Å². The van der Waals surface area contributed by atoms with Crippen LogP contribution in [-0.4, -0.2) is 15.9 Å². The number of benzene rings is 1. The van der Waals surface area contributed by atoms with E-state index in [1.807, 2.05) is 0 Å². The minimum Gasteiger partial charge on any atom is -0.330 e. The van der Waals surface area contributed by atoms with Crippen LogP contribution in [0.4, 0.5) is 0 Å². The molecule has 1 aromatic carbocycles. The van der Waals surface area contributed by atoms with Crippen LogP contribution >= 0.6 is 0 Å². The van der Waals surface area contributed by atoms with E-state index in [-0.39, 0.29) is 0 Å². The summed E-state index contributed by atoms with van der Waals surface area (Å²) in [6, 6.07) is 12.8. The van der Waals surface area contributed by atoms with Gasteiger partial charge in [0.1, 0.15) is 5.65 Å². The van der Waals surface area contributed by atoms with Gasteiger partial charge < -0.3 is 10.1 Å². The fraction of sp³-hybridized carbons (Fsp3) is 0.278. The largest absolute Gasteiger partial charge is 0.330 e. The van der Waals surface area contributed by atoms with Crippen LogP contribution in [0, 0.1) is 13.8 Å². The first kappa shape index (κ1) is 13.8. The van der Waals surface area contributed by atoms with Crippen LogP contribution in [0.25, 0.3) is 5.65 Å². The van der Waals surface area contributed by atoms with Crippen LogP contribution in [0.3, 0.4) is 0 Å². The molecule has 2 heterocycles. The zero-order valence-corrected chi connectivity index (χ0v) is 12.6. The van der Waals surface area contributed by atoms with Gasteiger partial charge in [-0.3, -0.25) is 0 Å². The van der Waals surface area contributed by atoms with Gasteiger partial charge in [0.25, 0.3) is 0 Å². The van der Waals surface area contributed by atoms with Gasteiger partial charge in [-0.05, 0) is 37.6 Å². The minimum absolute atomic E-state index is 0.641. The van der Waals surface area contributed by atoms with Crippen molar-refractivity contribution in [1.82, 2.24) is 9.38 Å². The maximum atomic E-state index is 5.79. The van der Waals surface area contributed by atoms with E-state index in [1.165, 1.54) is 22.4 Å². The van der Waals surface area contributed by atoms with Gasteiger partial charge >= 0.3 is 0 Å². The lowest BCUT2D eigenvalue weighted by atomic mass is 10.1. The highest BCUT2D eigenvalue weighted by Crippen LogP contribution is 2.19. The Balaban J connectivity index is 2.08. The molecule has 0 unspecified atom stereocenters. The predicted molar refractivity (Wildman–Crippen MR) is 86.7 cm³/mol. The van der Waals surface area contributed by atoms with Crippen LogP contribution in [0.5, 0.6) is 0 Å². The van der Waals surface area contributed by atoms with Gasteiger partial charge in [0, 0.05) is 24.7 Å². The summed E-state index contributed by atoms with van der Waals surface area (Å²) in [4.78, 5) is 4.86. The Morgan fingerprint density at radius 1 is 1.14 bits per heavy atom. The van der Waals surface area contributed by atoms with Crippen molar-refractivity contribution < 1.29 is 0 Å². The van der Waals surface area contributed by atoms with E-state index in [2.05, 4.69) is 60.8 Å². The number of nitrogens with two attached hydrogens (primary N) is 1. The number of imidazole rings is 1. The molecule has 0 amide bonds. The molecule has 0 aliphatic carbocycles. The van der Waals surface area contributed by atoms with Crippen molar-refractivity contribution in [2.24, 2.45) is 5.73 Å². The minimum atomic E-state index is 0.641. The Labute approximate surface area is 125 Å². The summed E-state index contributed by atoms with van der Waals surface area (Å²) in [5.41, 5.74) is 13.0. The molecule has 21 heavy (non-hydrogen) atoms. The molecule has 2 N–H and O–H groups in total. The van der Waals surface area contributed by atoms with E-state index in [0.717, 1.165) is 24.2 Å². The number of aromatic nitrogens is 2. The van der Waals surface area contributed by atoms with Crippen molar-refractivity contribution in [3.8, 4) is 0 Å². The molecule has 3 rings (SSSR count). The molecule has 3 heteroatoms. The van der Waals surface area contributed by atoms with Gasteiger partial charge in [-0.25, -0.2) is 4.98 Å². The third kappa shape index (κ3) is 2.69. The summed E-state index contributed by atoms with van der Waals surface area (Å²) >= 11 is 0. The topological polar surface area (TPSA) is 43.3 Å². The third-order valence-electron chi connectivity index (χ3n) is 3.86. The first-order valence-corrected chi connectivity index (χ1v) is 7.40. The van der Waals surface area contributed by atoms with Gasteiger partial charge in [0.15, 0.2) is 0 Å². The average molecular weight is 279 g/mol. The Hall–Kier alpha value is -2.13. The summed E-state index contributed by atoms with van der Waals surface area (Å²) in [7, 11) is 0. The smallest absolute Gasteiger partial charge is 0.140 e. The highest BCUT2D eigenvalue weighted by molar-refractivity contribution is 5.51. The standard InChI is InChI=1S/C18H21N3/c1-13-5-3-7-15(11-13)12-16-17(8-9-19)21-10-4-6-14(2)18(21)20-16/h3-7,10-11H,8-9,12,19H2,1-2H3. The fourth-order valence-electron chi connectivity index (χ4n) is 2.86. The van der Waals surface area contributed by atoms with Crippen LogP contribution < -0.4 is 5.73 Å². The van der Waals surface area contributed by atoms with E-state index in [0.29, 0.717) is 6.54 Å². The van der Waals surface area contributed by atoms with Crippen molar-refractivity contribution in [1.29, 1.82) is 0 Å². The van der Waals surface area contributed by atoms with Crippen molar-refractivity contribution in [3.63, 3.8) is 0 Å². The Kier molecular flexibility index (Phi) is 3.76. The molecular formula is C18H21N3. The second-order valence-corrected chi connectivity index (χ2v) is 5.59. The van der Waals surface area contributed by atoms with Gasteiger partial charge in [-0.1, -0.05) is 35.9 Å². The van der Waals surface area contributed by atoms with E-state index in [9.17, 15) is 0 Å². The molecule has 0 spiro atoms. The van der Waals surface area contributed by atoms with Crippen LogP contribution in [-0.2, 0) is 12.8 Å². The number of fused-ring (bicyclic) bond motifs is 1. The van der Waals surface area contributed by atoms with E-state index >= 15 is 0 Å². The highest BCUT2D eigenvalue weighted by atomic mass is 15.0. The second kappa shape index (κ2) is 5.70. The number of rotatable bonds is 4. The average Bonchev–Trinajstić information content (AvgIpc) is 2.79. The lowest BCUT2D eigenvalue weighted by molar-refractivity contribution is 0.881. The zero-order chi connectivity index (χ0) is 14.8. The van der Waals surface area contributed by atoms with Gasteiger partial charge in [-0.2, -0.15) is 0 Å². The molecule has 0 saturated heterocycles. The highest BCUT2D eigenvalue weighted by Gasteiger charge is 2.13. The molecule has 3 nitrogen and oxygen atoms in total. The molecule has 0 radical (unpaired) electrons. The number of aryl methyl sites for hydroxylation is 2. The van der Waals surface area contributed by atoms with Crippen molar-refractivity contribution >= 4 is 5.65 Å². The molecule has 0 aliphatic rings. The lowest BCUT2D eigenvalue weighted by Crippen LogP contribution is -2.07. The maximum Gasteiger partial charge on any atom is 0.140 e. The quantitative estimate of drug-likeness (QED) is 0.797. The Morgan fingerprint density at radius 2 is 2.00 bits per heavy atom. The Morgan fingerprint density at radius 3 is 2.76 bits per heavy atom. The summed E-state index contributed by atoms with van der Waals surface area (Å²) in [5, 5.41) is 0. The van der Waals surface area contributed by atoms with E-state index in [4.69, 9.17) is 10.7 Å². The van der Waals surface area contributed by atoms with Crippen LogP contribution in [0.1, 0.15) is 28.1 Å². The molecule has 108 valence electrons. The summed E-state index contributed by atoms with van der Waals surface area (Å²) in [6.07, 6.45) is 3.80. The normalized spacial score (nSPS) is 11.2. The van der Waals surface area contributed by atoms with Crippen molar-refractivity contribution in [2.45, 2.75) is 26.7 Å². The van der Waals surface area contributed by atoms with Crippen molar-refractivity contribution in [3.05, 3.63) is 70.7 Å². The molecule has 0 bridgehead atoms. The number of hydrogen-bond donors (Lipinski definition) is 1. The molecular weight excluding hydrogens is 258 g/mol.